The maximum Gasteiger partial charge on any atom is 0.220 e. The van der Waals surface area contributed by atoms with Crippen LogP contribution in [-0.4, -0.2) is 57.1 Å². The van der Waals surface area contributed by atoms with Crippen molar-refractivity contribution in [3.05, 3.63) is 29.6 Å². The number of carbonyl (C=O) groups is 1. The summed E-state index contributed by atoms with van der Waals surface area (Å²) in [6.45, 7) is 9.85. The highest BCUT2D eigenvalue weighted by atomic mass is 35.5. The summed E-state index contributed by atoms with van der Waals surface area (Å²) in [5, 5.41) is 6.05. The summed E-state index contributed by atoms with van der Waals surface area (Å²) in [5.74, 6) is -0.254. The smallest absolute Gasteiger partial charge is 0.220 e. The van der Waals surface area contributed by atoms with Crippen LogP contribution in [0.4, 0.5) is 10.1 Å². The fraction of sp³-hybridized carbons (Fsp3) is 0.632. The van der Waals surface area contributed by atoms with Crippen molar-refractivity contribution < 1.29 is 9.18 Å². The molecule has 1 heterocycles. The Morgan fingerprint density at radius 3 is 2.39 bits per heavy atom. The number of amides is 1. The van der Waals surface area contributed by atoms with Crippen LogP contribution in [0.1, 0.15) is 38.3 Å². The number of nitrogens with one attached hydrogen (secondary N) is 2. The zero-order valence-corrected chi connectivity index (χ0v) is 19.3. The van der Waals surface area contributed by atoms with Crippen LogP contribution in [0.2, 0.25) is 0 Å². The molecule has 0 saturated carbocycles. The van der Waals surface area contributed by atoms with Gasteiger partial charge in [0.2, 0.25) is 5.91 Å². The number of likely N-dealkylation sites (N-methyl/N-ethyl adjacent to an activating group) is 1. The van der Waals surface area contributed by atoms with E-state index in [-0.39, 0.29) is 55.0 Å². The molecule has 5 nitrogen and oxygen atoms in total. The molecule has 9 heteroatoms. The van der Waals surface area contributed by atoms with E-state index >= 15 is 0 Å². The molecule has 0 spiro atoms. The van der Waals surface area contributed by atoms with Gasteiger partial charge in [0.1, 0.15) is 5.82 Å². The van der Waals surface area contributed by atoms with Gasteiger partial charge >= 0.3 is 0 Å². The van der Waals surface area contributed by atoms with E-state index in [9.17, 15) is 9.18 Å². The first-order valence-electron chi connectivity index (χ1n) is 9.25. The molecule has 0 bridgehead atoms. The van der Waals surface area contributed by atoms with Crippen LogP contribution in [0.15, 0.2) is 18.2 Å². The van der Waals surface area contributed by atoms with E-state index in [1.54, 1.807) is 6.07 Å². The lowest BCUT2D eigenvalue weighted by molar-refractivity contribution is -0.121. The van der Waals surface area contributed by atoms with Crippen molar-refractivity contribution in [2.24, 2.45) is 0 Å². The SMILES string of the molecule is CCN1CCN(c2ccc(F)cc2C(C)NC(=O)CCCNC)CC1.Cl.Cl.Cl. The third kappa shape index (κ3) is 8.70. The third-order valence-electron chi connectivity index (χ3n) is 4.82. The Morgan fingerprint density at radius 1 is 1.18 bits per heavy atom. The van der Waals surface area contributed by atoms with Crippen molar-refractivity contribution in [1.29, 1.82) is 0 Å². The molecule has 2 N–H and O–H groups in total. The maximum absolute atomic E-state index is 13.8. The van der Waals surface area contributed by atoms with E-state index in [0.717, 1.165) is 56.9 Å². The average Bonchev–Trinajstić information content (AvgIpc) is 2.62. The number of halogens is 4. The van der Waals surface area contributed by atoms with Gasteiger partial charge in [-0.05, 0) is 51.7 Å². The number of hydrogen-bond donors (Lipinski definition) is 2. The molecule has 1 fully saturated rings. The molecule has 28 heavy (non-hydrogen) atoms. The number of anilines is 1. The highest BCUT2D eigenvalue weighted by molar-refractivity contribution is 5.86. The fourth-order valence-corrected chi connectivity index (χ4v) is 3.28. The van der Waals surface area contributed by atoms with Crippen LogP contribution in [-0.2, 0) is 4.79 Å². The predicted molar refractivity (Wildman–Crippen MR) is 122 cm³/mol. The Morgan fingerprint density at radius 2 is 1.82 bits per heavy atom. The highest BCUT2D eigenvalue weighted by Crippen LogP contribution is 2.28. The van der Waals surface area contributed by atoms with Crippen LogP contribution >= 0.6 is 37.2 Å². The number of hydrogen-bond acceptors (Lipinski definition) is 4. The van der Waals surface area contributed by atoms with Crippen LogP contribution < -0.4 is 15.5 Å². The largest absolute Gasteiger partial charge is 0.369 e. The van der Waals surface area contributed by atoms with Crippen LogP contribution in [0.25, 0.3) is 0 Å². The lowest BCUT2D eigenvalue weighted by atomic mass is 10.0. The second kappa shape index (κ2) is 15.1. The molecule has 1 aliphatic rings. The topological polar surface area (TPSA) is 47.6 Å². The van der Waals surface area contributed by atoms with Gasteiger partial charge in [0.25, 0.3) is 0 Å². The first-order valence-corrected chi connectivity index (χ1v) is 9.25. The van der Waals surface area contributed by atoms with Crippen molar-refractivity contribution in [2.75, 3.05) is 51.2 Å². The number of benzene rings is 1. The monoisotopic (exact) mass is 458 g/mol. The van der Waals surface area contributed by atoms with Gasteiger partial charge in [0, 0.05) is 43.9 Å². The van der Waals surface area contributed by atoms with Crippen molar-refractivity contribution in [2.45, 2.75) is 32.7 Å². The first-order chi connectivity index (χ1) is 12.0. The second-order valence-corrected chi connectivity index (χ2v) is 6.62. The molecule has 1 amide bonds. The summed E-state index contributed by atoms with van der Waals surface area (Å²) in [4.78, 5) is 16.8. The van der Waals surface area contributed by atoms with Crippen LogP contribution in [0.3, 0.4) is 0 Å². The summed E-state index contributed by atoms with van der Waals surface area (Å²) in [6, 6.07) is 4.69. The summed E-state index contributed by atoms with van der Waals surface area (Å²) in [7, 11) is 1.87. The van der Waals surface area contributed by atoms with Gasteiger partial charge in [-0.15, -0.1) is 37.2 Å². The summed E-state index contributed by atoms with van der Waals surface area (Å²) < 4.78 is 13.8. The van der Waals surface area contributed by atoms with E-state index in [2.05, 4.69) is 27.4 Å². The van der Waals surface area contributed by atoms with E-state index in [1.165, 1.54) is 6.07 Å². The van der Waals surface area contributed by atoms with E-state index in [4.69, 9.17) is 0 Å². The molecule has 1 aromatic carbocycles. The molecule has 164 valence electrons. The normalized spacial score (nSPS) is 14.9. The Kier molecular flexibility index (Phi) is 15.9. The van der Waals surface area contributed by atoms with Crippen LogP contribution in [0.5, 0.6) is 0 Å². The molecular weight excluding hydrogens is 426 g/mol. The minimum Gasteiger partial charge on any atom is -0.369 e. The lowest BCUT2D eigenvalue weighted by Gasteiger charge is -2.37. The zero-order chi connectivity index (χ0) is 18.2. The van der Waals surface area contributed by atoms with Crippen molar-refractivity contribution in [1.82, 2.24) is 15.5 Å². The van der Waals surface area contributed by atoms with E-state index < -0.39 is 0 Å². The molecule has 1 aromatic rings. The number of carbonyl (C=O) groups excluding carboxylic acids is 1. The maximum atomic E-state index is 13.8. The average molecular weight is 460 g/mol. The first kappa shape index (κ1) is 29.4. The molecule has 1 aliphatic heterocycles. The Labute approximate surface area is 187 Å². The molecule has 2 rings (SSSR count). The Bertz CT molecular complexity index is 572. The van der Waals surface area contributed by atoms with E-state index in [0.29, 0.717) is 6.42 Å². The molecule has 0 radical (unpaired) electrons. The van der Waals surface area contributed by atoms with Gasteiger partial charge in [-0.1, -0.05) is 6.92 Å². The number of rotatable bonds is 8. The highest BCUT2D eigenvalue weighted by Gasteiger charge is 2.21. The van der Waals surface area contributed by atoms with Crippen molar-refractivity contribution in [3.8, 4) is 0 Å². The summed E-state index contributed by atoms with van der Waals surface area (Å²) >= 11 is 0. The molecule has 0 aliphatic carbocycles. The van der Waals surface area contributed by atoms with Gasteiger partial charge in [-0.3, -0.25) is 4.79 Å². The number of nitrogens with zero attached hydrogens (tertiary/aromatic N) is 2. The Hall–Kier alpha value is -0.790. The predicted octanol–water partition coefficient (Wildman–Crippen LogP) is 3.41. The Balaban J connectivity index is 0. The second-order valence-electron chi connectivity index (χ2n) is 6.62. The quantitative estimate of drug-likeness (QED) is 0.585. The molecule has 1 unspecified atom stereocenters. The van der Waals surface area contributed by atoms with Crippen LogP contribution in [0, 0.1) is 5.82 Å². The third-order valence-corrected chi connectivity index (χ3v) is 4.82. The van der Waals surface area contributed by atoms with Crippen molar-refractivity contribution in [3.63, 3.8) is 0 Å². The van der Waals surface area contributed by atoms with Gasteiger partial charge in [-0.2, -0.15) is 0 Å². The summed E-state index contributed by atoms with van der Waals surface area (Å²) in [5.41, 5.74) is 1.88. The van der Waals surface area contributed by atoms with Gasteiger partial charge < -0.3 is 20.4 Å². The fourth-order valence-electron chi connectivity index (χ4n) is 3.28. The molecular formula is C19H34Cl3FN4O. The van der Waals surface area contributed by atoms with Gasteiger partial charge in [-0.25, -0.2) is 4.39 Å². The lowest BCUT2D eigenvalue weighted by Crippen LogP contribution is -2.46. The van der Waals surface area contributed by atoms with Gasteiger partial charge in [0.15, 0.2) is 0 Å². The molecule has 0 aromatic heterocycles. The summed E-state index contributed by atoms with van der Waals surface area (Å²) in [6.07, 6.45) is 1.27. The minimum absolute atomic E-state index is 0. The standard InChI is InChI=1S/C19H31FN4O.3ClH/c1-4-23-10-12-24(13-11-23)18-8-7-16(20)14-17(18)15(2)22-19(25)6-5-9-21-3;;;/h7-8,14-15,21H,4-6,9-13H2,1-3H3,(H,22,25);3*1H. The molecule has 1 atom stereocenters. The number of piperazine rings is 1. The molecule has 1 saturated heterocycles. The van der Waals surface area contributed by atoms with Gasteiger partial charge in [0.05, 0.1) is 6.04 Å². The van der Waals surface area contributed by atoms with E-state index in [1.807, 2.05) is 20.0 Å². The van der Waals surface area contributed by atoms with Crippen molar-refractivity contribution >= 4 is 48.8 Å². The minimum atomic E-state index is -0.262. The zero-order valence-electron chi connectivity index (χ0n) is 16.9.